The minimum absolute atomic E-state index is 0.191. The molecule has 4 nitrogen and oxygen atoms in total. The molecule has 0 aromatic carbocycles. The number of hydrogen-bond donors (Lipinski definition) is 2. The van der Waals surface area contributed by atoms with Crippen molar-refractivity contribution in [2.45, 2.75) is 51.0 Å². The predicted molar refractivity (Wildman–Crippen MR) is 73.2 cm³/mol. The van der Waals surface area contributed by atoms with Crippen LogP contribution < -0.4 is 11.1 Å². The second-order valence-electron chi connectivity index (χ2n) is 5.92. The zero-order valence-electron chi connectivity index (χ0n) is 11.4. The molecule has 18 heavy (non-hydrogen) atoms. The second kappa shape index (κ2) is 7.10. The first-order valence-electron chi connectivity index (χ1n) is 7.48. The summed E-state index contributed by atoms with van der Waals surface area (Å²) in [5, 5.41) is 3.10. The Morgan fingerprint density at radius 2 is 1.78 bits per heavy atom. The number of carbonyl (C=O) groups excluding carboxylic acids is 1. The van der Waals surface area contributed by atoms with Gasteiger partial charge in [-0.05, 0) is 31.6 Å². The van der Waals surface area contributed by atoms with Crippen molar-refractivity contribution in [3.63, 3.8) is 0 Å². The van der Waals surface area contributed by atoms with Crippen molar-refractivity contribution in [1.29, 1.82) is 0 Å². The molecular formula is C14H27N3O. The highest BCUT2D eigenvalue weighted by atomic mass is 16.2. The summed E-state index contributed by atoms with van der Waals surface area (Å²) in [5.74, 6) is 0.911. The Labute approximate surface area is 110 Å². The number of rotatable bonds is 4. The first kappa shape index (κ1) is 13.8. The van der Waals surface area contributed by atoms with E-state index < -0.39 is 0 Å². The van der Waals surface area contributed by atoms with Gasteiger partial charge in [-0.15, -0.1) is 0 Å². The molecule has 0 unspecified atom stereocenters. The molecule has 1 heterocycles. The van der Waals surface area contributed by atoms with E-state index in [-0.39, 0.29) is 5.91 Å². The van der Waals surface area contributed by atoms with Gasteiger partial charge in [0, 0.05) is 25.7 Å². The lowest BCUT2D eigenvalue weighted by Gasteiger charge is -2.29. The van der Waals surface area contributed by atoms with Gasteiger partial charge in [0.25, 0.3) is 0 Å². The number of amides is 1. The molecular weight excluding hydrogens is 226 g/mol. The lowest BCUT2D eigenvalue weighted by atomic mass is 9.89. The zero-order valence-corrected chi connectivity index (χ0v) is 11.4. The van der Waals surface area contributed by atoms with Gasteiger partial charge in [-0.1, -0.05) is 19.3 Å². The summed E-state index contributed by atoms with van der Waals surface area (Å²) in [4.78, 5) is 14.1. The minimum atomic E-state index is 0.191. The van der Waals surface area contributed by atoms with Crippen molar-refractivity contribution >= 4 is 5.91 Å². The largest absolute Gasteiger partial charge is 0.355 e. The van der Waals surface area contributed by atoms with E-state index >= 15 is 0 Å². The molecule has 104 valence electrons. The number of hydrogen-bond acceptors (Lipinski definition) is 3. The van der Waals surface area contributed by atoms with E-state index in [9.17, 15) is 4.79 Å². The van der Waals surface area contributed by atoms with Crippen LogP contribution in [0.1, 0.15) is 44.9 Å². The Hall–Kier alpha value is -0.610. The summed E-state index contributed by atoms with van der Waals surface area (Å²) in [7, 11) is 0. The van der Waals surface area contributed by atoms with E-state index in [0.29, 0.717) is 12.6 Å². The number of nitrogens with one attached hydrogen (secondary N) is 1. The van der Waals surface area contributed by atoms with Crippen molar-refractivity contribution in [1.82, 2.24) is 10.2 Å². The van der Waals surface area contributed by atoms with E-state index in [1.165, 1.54) is 32.1 Å². The van der Waals surface area contributed by atoms with Crippen LogP contribution in [0.15, 0.2) is 0 Å². The van der Waals surface area contributed by atoms with Gasteiger partial charge in [0.1, 0.15) is 0 Å². The molecule has 3 N–H and O–H groups in total. The molecule has 0 spiro atoms. The third-order valence-corrected chi connectivity index (χ3v) is 4.31. The van der Waals surface area contributed by atoms with Crippen molar-refractivity contribution < 1.29 is 4.79 Å². The van der Waals surface area contributed by atoms with Crippen LogP contribution in [0.2, 0.25) is 0 Å². The first-order valence-corrected chi connectivity index (χ1v) is 7.48. The number of carbonyl (C=O) groups is 1. The molecule has 1 saturated heterocycles. The lowest BCUT2D eigenvalue weighted by Crippen LogP contribution is -2.45. The molecule has 2 aliphatic rings. The third-order valence-electron chi connectivity index (χ3n) is 4.31. The van der Waals surface area contributed by atoms with Crippen LogP contribution in [0.3, 0.4) is 0 Å². The van der Waals surface area contributed by atoms with Gasteiger partial charge in [0.2, 0.25) is 5.91 Å². The van der Waals surface area contributed by atoms with E-state index in [1.807, 2.05) is 0 Å². The van der Waals surface area contributed by atoms with Crippen molar-refractivity contribution in [3.05, 3.63) is 0 Å². The molecule has 0 atom stereocenters. The summed E-state index contributed by atoms with van der Waals surface area (Å²) < 4.78 is 0. The molecule has 1 saturated carbocycles. The van der Waals surface area contributed by atoms with Crippen molar-refractivity contribution in [3.8, 4) is 0 Å². The number of piperidine rings is 1. The fourth-order valence-electron chi connectivity index (χ4n) is 3.02. The van der Waals surface area contributed by atoms with Crippen molar-refractivity contribution in [2.24, 2.45) is 11.7 Å². The van der Waals surface area contributed by atoms with Crippen LogP contribution in [0.5, 0.6) is 0 Å². The maximum atomic E-state index is 11.9. The quantitative estimate of drug-likeness (QED) is 0.789. The van der Waals surface area contributed by atoms with E-state index in [2.05, 4.69) is 10.2 Å². The fourth-order valence-corrected chi connectivity index (χ4v) is 3.02. The molecule has 0 aromatic heterocycles. The van der Waals surface area contributed by atoms with Gasteiger partial charge < -0.3 is 11.1 Å². The standard InChI is InChI=1S/C14H27N3O/c15-13-6-8-17(9-7-13)11-14(18)16-10-12-4-2-1-3-5-12/h12-13H,1-11,15H2,(H,16,18). The smallest absolute Gasteiger partial charge is 0.234 e. The summed E-state index contributed by atoms with van der Waals surface area (Å²) in [6.45, 7) is 3.38. The van der Waals surface area contributed by atoms with Gasteiger partial charge in [-0.25, -0.2) is 0 Å². The average Bonchev–Trinajstić information content (AvgIpc) is 2.40. The number of nitrogens with zero attached hydrogens (tertiary/aromatic N) is 1. The van der Waals surface area contributed by atoms with Gasteiger partial charge in [-0.2, -0.15) is 0 Å². The van der Waals surface area contributed by atoms with Crippen LogP contribution in [-0.4, -0.2) is 43.0 Å². The Kier molecular flexibility index (Phi) is 5.45. The molecule has 0 aromatic rings. The topological polar surface area (TPSA) is 58.4 Å². The second-order valence-corrected chi connectivity index (χ2v) is 5.92. The summed E-state index contributed by atoms with van der Waals surface area (Å²) >= 11 is 0. The van der Waals surface area contributed by atoms with E-state index in [0.717, 1.165) is 38.4 Å². The van der Waals surface area contributed by atoms with Crippen LogP contribution in [0.4, 0.5) is 0 Å². The van der Waals surface area contributed by atoms with Gasteiger partial charge in [0.05, 0.1) is 6.54 Å². The van der Waals surface area contributed by atoms with Crippen LogP contribution >= 0.6 is 0 Å². The molecule has 1 aliphatic heterocycles. The van der Waals surface area contributed by atoms with Crippen LogP contribution in [0, 0.1) is 5.92 Å². The Balaban J connectivity index is 1.59. The number of likely N-dealkylation sites (tertiary alicyclic amines) is 1. The molecule has 4 heteroatoms. The predicted octanol–water partition coefficient (Wildman–Crippen LogP) is 1.11. The minimum Gasteiger partial charge on any atom is -0.355 e. The summed E-state index contributed by atoms with van der Waals surface area (Å²) in [6.07, 6.45) is 8.68. The highest BCUT2D eigenvalue weighted by Gasteiger charge is 2.19. The molecule has 1 amide bonds. The Morgan fingerprint density at radius 3 is 2.44 bits per heavy atom. The normalized spacial score (nSPS) is 24.1. The summed E-state index contributed by atoms with van der Waals surface area (Å²) in [5.41, 5.74) is 5.86. The average molecular weight is 253 g/mol. The SMILES string of the molecule is NC1CCN(CC(=O)NCC2CCCCC2)CC1. The van der Waals surface area contributed by atoms with E-state index in [4.69, 9.17) is 5.73 Å². The monoisotopic (exact) mass is 253 g/mol. The first-order chi connectivity index (χ1) is 8.74. The fraction of sp³-hybridized carbons (Fsp3) is 0.929. The highest BCUT2D eigenvalue weighted by molar-refractivity contribution is 5.78. The molecule has 2 rings (SSSR count). The number of nitrogens with two attached hydrogens (primary N) is 1. The molecule has 0 radical (unpaired) electrons. The molecule has 0 bridgehead atoms. The maximum Gasteiger partial charge on any atom is 0.234 e. The third kappa shape index (κ3) is 4.58. The Morgan fingerprint density at radius 1 is 1.11 bits per heavy atom. The summed E-state index contributed by atoms with van der Waals surface area (Å²) in [6, 6.07) is 0.339. The molecule has 2 fully saturated rings. The van der Waals surface area contributed by atoms with Crippen LogP contribution in [-0.2, 0) is 4.79 Å². The van der Waals surface area contributed by atoms with Crippen LogP contribution in [0.25, 0.3) is 0 Å². The van der Waals surface area contributed by atoms with E-state index in [1.54, 1.807) is 0 Å². The molecule has 1 aliphatic carbocycles. The zero-order chi connectivity index (χ0) is 12.8. The van der Waals surface area contributed by atoms with Gasteiger partial charge in [-0.3, -0.25) is 9.69 Å². The lowest BCUT2D eigenvalue weighted by molar-refractivity contribution is -0.122. The Bertz CT molecular complexity index is 256. The maximum absolute atomic E-state index is 11.9. The van der Waals surface area contributed by atoms with Crippen molar-refractivity contribution in [2.75, 3.05) is 26.2 Å². The van der Waals surface area contributed by atoms with Gasteiger partial charge in [0.15, 0.2) is 0 Å². The highest BCUT2D eigenvalue weighted by Crippen LogP contribution is 2.22. The van der Waals surface area contributed by atoms with Gasteiger partial charge >= 0.3 is 0 Å².